The molecule has 0 aliphatic heterocycles. The molecule has 1 aromatic carbocycles. The van der Waals surface area contributed by atoms with Crippen molar-refractivity contribution in [1.82, 2.24) is 4.98 Å². The van der Waals surface area contributed by atoms with E-state index in [1.54, 1.807) is 17.4 Å². The van der Waals surface area contributed by atoms with Crippen LogP contribution in [0.3, 0.4) is 0 Å². The molecule has 2 rings (SSSR count). The molecule has 0 radical (unpaired) electrons. The fraction of sp³-hybridized carbons (Fsp3) is 0.364. The molecule has 0 fully saturated rings. The first-order valence-electron chi connectivity index (χ1n) is 4.85. The third-order valence-corrected chi connectivity index (χ3v) is 2.88. The first kappa shape index (κ1) is 11.1. The second-order valence-corrected chi connectivity index (χ2v) is 3.66. The Hall–Kier alpha value is -0.960. The van der Waals surface area contributed by atoms with Crippen molar-refractivity contribution in [2.24, 2.45) is 0 Å². The van der Waals surface area contributed by atoms with E-state index < -0.39 is 0 Å². The van der Waals surface area contributed by atoms with Crippen molar-refractivity contribution >= 4 is 21.6 Å². The highest BCUT2D eigenvalue weighted by molar-refractivity contribution is 7.18. The Labute approximate surface area is 87.6 Å². The van der Waals surface area contributed by atoms with E-state index in [1.807, 2.05) is 26.8 Å². The summed E-state index contributed by atoms with van der Waals surface area (Å²) in [7, 11) is 0. The summed E-state index contributed by atoms with van der Waals surface area (Å²) in [5.41, 5.74) is 0.513. The first-order chi connectivity index (χ1) is 6.81. The first-order valence-corrected chi connectivity index (χ1v) is 5.67. The van der Waals surface area contributed by atoms with E-state index in [2.05, 4.69) is 4.98 Å². The molecule has 3 heteroatoms. The molecule has 0 aliphatic rings. The minimum atomic E-state index is -0.219. The van der Waals surface area contributed by atoms with E-state index in [9.17, 15) is 4.39 Å². The molecule has 1 aromatic heterocycles. The highest BCUT2D eigenvalue weighted by Crippen LogP contribution is 2.23. The maximum atomic E-state index is 13.1. The summed E-state index contributed by atoms with van der Waals surface area (Å²) >= 11 is 1.56. The largest absolute Gasteiger partial charge is 0.238 e. The zero-order chi connectivity index (χ0) is 10.6. The predicted octanol–water partition coefficient (Wildman–Crippen LogP) is 4.02. The molecule has 0 N–H and O–H groups in total. The summed E-state index contributed by atoms with van der Waals surface area (Å²) in [6, 6.07) is 5.06. The number of halogens is 1. The van der Waals surface area contributed by atoms with Crippen LogP contribution in [-0.2, 0) is 6.42 Å². The summed E-state index contributed by atoms with van der Waals surface area (Å²) in [4.78, 5) is 4.17. The fourth-order valence-electron chi connectivity index (χ4n) is 1.11. The number of aromatic nitrogens is 1. The van der Waals surface area contributed by atoms with Crippen LogP contribution in [0.5, 0.6) is 0 Å². The molecule has 1 heterocycles. The highest BCUT2D eigenvalue weighted by atomic mass is 32.1. The van der Waals surface area contributed by atoms with Gasteiger partial charge in [0.05, 0.1) is 9.71 Å². The zero-order valence-electron chi connectivity index (χ0n) is 8.67. The molecule has 0 amide bonds. The monoisotopic (exact) mass is 211 g/mol. The van der Waals surface area contributed by atoms with Gasteiger partial charge in [-0.1, -0.05) is 26.8 Å². The molecule has 0 spiro atoms. The number of aryl methyl sites for hydroxylation is 1. The summed E-state index contributed by atoms with van der Waals surface area (Å²) in [6.07, 6.45) is 0.874. The van der Waals surface area contributed by atoms with Crippen molar-refractivity contribution in [3.8, 4) is 0 Å². The number of nitrogens with zero attached hydrogens (tertiary/aromatic N) is 1. The lowest BCUT2D eigenvalue weighted by atomic mass is 10.3. The molecule has 0 unspecified atom stereocenters. The van der Waals surface area contributed by atoms with Crippen LogP contribution in [-0.4, -0.2) is 4.98 Å². The maximum absolute atomic E-state index is 13.1. The van der Waals surface area contributed by atoms with Gasteiger partial charge in [-0.25, -0.2) is 9.37 Å². The summed E-state index contributed by atoms with van der Waals surface area (Å²) in [5.74, 6) is -0.219. The maximum Gasteiger partial charge on any atom is 0.150 e. The second-order valence-electron chi connectivity index (χ2n) is 2.55. The average molecular weight is 211 g/mol. The number of rotatable bonds is 1. The van der Waals surface area contributed by atoms with Gasteiger partial charge in [0, 0.05) is 0 Å². The number of hydrogen-bond acceptors (Lipinski definition) is 2. The summed E-state index contributed by atoms with van der Waals surface area (Å²) in [6.45, 7) is 6.02. The van der Waals surface area contributed by atoms with Gasteiger partial charge < -0.3 is 0 Å². The molecule has 0 aliphatic carbocycles. The van der Waals surface area contributed by atoms with E-state index in [-0.39, 0.29) is 5.82 Å². The summed E-state index contributed by atoms with van der Waals surface area (Å²) in [5, 5.41) is 0.995. The van der Waals surface area contributed by atoms with Gasteiger partial charge in [0.1, 0.15) is 11.3 Å². The number of hydrogen-bond donors (Lipinski definition) is 0. The Morgan fingerprint density at radius 3 is 2.64 bits per heavy atom. The van der Waals surface area contributed by atoms with Gasteiger partial charge in [-0.15, -0.1) is 11.3 Å². The number of benzene rings is 1. The average Bonchev–Trinajstić information content (AvgIpc) is 2.65. The quantitative estimate of drug-likeness (QED) is 0.694. The van der Waals surface area contributed by atoms with Crippen LogP contribution < -0.4 is 0 Å². The predicted molar refractivity (Wildman–Crippen MR) is 60.3 cm³/mol. The topological polar surface area (TPSA) is 12.9 Å². The third-order valence-electron chi connectivity index (χ3n) is 1.72. The third kappa shape index (κ3) is 2.10. The van der Waals surface area contributed by atoms with Crippen molar-refractivity contribution in [3.63, 3.8) is 0 Å². The zero-order valence-corrected chi connectivity index (χ0v) is 9.49. The Bertz CT molecular complexity index is 409. The van der Waals surface area contributed by atoms with E-state index in [4.69, 9.17) is 0 Å². The van der Waals surface area contributed by atoms with Gasteiger partial charge in [0.2, 0.25) is 0 Å². The molecule has 2 aromatic rings. The lowest BCUT2D eigenvalue weighted by molar-refractivity contribution is 0.637. The number of thiazole rings is 1. The normalized spacial score (nSPS) is 9.71. The van der Waals surface area contributed by atoms with Crippen molar-refractivity contribution in [1.29, 1.82) is 0 Å². The molecular formula is C11H14FNS. The smallest absolute Gasteiger partial charge is 0.150 e. The molecule has 0 saturated carbocycles. The lowest BCUT2D eigenvalue weighted by Crippen LogP contribution is -1.78. The van der Waals surface area contributed by atoms with Gasteiger partial charge in [-0.2, -0.15) is 0 Å². The van der Waals surface area contributed by atoms with Gasteiger partial charge in [-0.3, -0.25) is 0 Å². The van der Waals surface area contributed by atoms with Crippen LogP contribution in [0.2, 0.25) is 0 Å². The van der Waals surface area contributed by atoms with Crippen LogP contribution in [0, 0.1) is 5.82 Å². The molecule has 0 saturated heterocycles. The molecule has 0 atom stereocenters. The van der Waals surface area contributed by atoms with Crippen molar-refractivity contribution in [3.05, 3.63) is 29.0 Å². The van der Waals surface area contributed by atoms with Crippen LogP contribution in [0.4, 0.5) is 4.39 Å². The molecule has 0 bridgehead atoms. The number of fused-ring (bicyclic) bond motifs is 1. The van der Waals surface area contributed by atoms with E-state index in [0.29, 0.717) is 5.52 Å². The molecule has 1 nitrogen and oxygen atoms in total. The van der Waals surface area contributed by atoms with Gasteiger partial charge in [0.15, 0.2) is 0 Å². The molecule has 76 valence electrons. The van der Waals surface area contributed by atoms with E-state index >= 15 is 0 Å². The summed E-state index contributed by atoms with van der Waals surface area (Å²) < 4.78 is 14.0. The van der Waals surface area contributed by atoms with Crippen molar-refractivity contribution in [2.75, 3.05) is 0 Å². The van der Waals surface area contributed by atoms with Gasteiger partial charge in [0.25, 0.3) is 0 Å². The SMILES string of the molecule is CC.CCc1nc2c(F)cccc2s1. The highest BCUT2D eigenvalue weighted by Gasteiger charge is 2.05. The molecule has 14 heavy (non-hydrogen) atoms. The Kier molecular flexibility index (Phi) is 4.01. The van der Waals surface area contributed by atoms with E-state index in [1.165, 1.54) is 6.07 Å². The Morgan fingerprint density at radius 2 is 2.07 bits per heavy atom. The van der Waals surface area contributed by atoms with Crippen LogP contribution in [0.15, 0.2) is 18.2 Å². The van der Waals surface area contributed by atoms with Gasteiger partial charge >= 0.3 is 0 Å². The minimum Gasteiger partial charge on any atom is -0.238 e. The lowest BCUT2D eigenvalue weighted by Gasteiger charge is -1.86. The van der Waals surface area contributed by atoms with Gasteiger partial charge in [-0.05, 0) is 18.6 Å². The van der Waals surface area contributed by atoms with Crippen LogP contribution >= 0.6 is 11.3 Å². The minimum absolute atomic E-state index is 0.219. The van der Waals surface area contributed by atoms with Crippen molar-refractivity contribution < 1.29 is 4.39 Å². The second kappa shape index (κ2) is 5.05. The van der Waals surface area contributed by atoms with E-state index in [0.717, 1.165) is 16.1 Å². The Balaban J connectivity index is 0.000000461. The fourth-order valence-corrected chi connectivity index (χ4v) is 2.03. The molecular weight excluding hydrogens is 197 g/mol. The standard InChI is InChI=1S/C9H8FNS.C2H6/c1-2-8-11-9-6(10)4-3-5-7(9)12-8;1-2/h3-5H,2H2,1H3;1-2H3. The Morgan fingerprint density at radius 1 is 1.36 bits per heavy atom. The van der Waals surface area contributed by atoms with Crippen molar-refractivity contribution in [2.45, 2.75) is 27.2 Å². The van der Waals surface area contributed by atoms with Crippen LogP contribution in [0.1, 0.15) is 25.8 Å². The number of para-hydroxylation sites is 1. The van der Waals surface area contributed by atoms with Crippen LogP contribution in [0.25, 0.3) is 10.2 Å².